The molecule has 1 aromatic carbocycles. The Morgan fingerprint density at radius 3 is 2.41 bits per heavy atom. The van der Waals surface area contributed by atoms with Gasteiger partial charge in [0.2, 0.25) is 0 Å². The van der Waals surface area contributed by atoms with E-state index in [1.807, 2.05) is 72.9 Å². The number of nitrogens with zero attached hydrogens (tertiary/aromatic N) is 1. The van der Waals surface area contributed by atoms with E-state index in [1.165, 1.54) is 0 Å². The van der Waals surface area contributed by atoms with E-state index in [2.05, 4.69) is 5.32 Å². The maximum Gasteiger partial charge on any atom is 0.494 e. The fraction of sp³-hybridized carbons (Fsp3) is 0.571. The third-order valence-electron chi connectivity index (χ3n) is 5.43. The van der Waals surface area contributed by atoms with Crippen molar-refractivity contribution >= 4 is 29.4 Å². The van der Waals surface area contributed by atoms with Crippen LogP contribution >= 0.6 is 0 Å². The first kappa shape index (κ1) is 21.5. The highest BCUT2D eigenvalue weighted by Crippen LogP contribution is 2.37. The van der Waals surface area contributed by atoms with Crippen LogP contribution in [0.4, 0.5) is 4.79 Å². The Labute approximate surface area is 172 Å². The summed E-state index contributed by atoms with van der Waals surface area (Å²) in [4.78, 5) is 11.8. The highest BCUT2D eigenvalue weighted by molar-refractivity contribution is 6.62. The van der Waals surface area contributed by atoms with Crippen LogP contribution in [0.1, 0.15) is 48.5 Å². The maximum absolute atomic E-state index is 11.8. The van der Waals surface area contributed by atoms with Crippen LogP contribution in [-0.2, 0) is 20.6 Å². The largest absolute Gasteiger partial charge is 0.494 e. The second-order valence-electron chi connectivity index (χ2n) is 9.51. The van der Waals surface area contributed by atoms with Gasteiger partial charge in [-0.2, -0.15) is 0 Å². The molecule has 1 aliphatic heterocycles. The predicted octanol–water partition coefficient (Wildman–Crippen LogP) is 3.17. The van der Waals surface area contributed by atoms with Crippen molar-refractivity contribution in [1.29, 1.82) is 0 Å². The van der Waals surface area contributed by atoms with Crippen molar-refractivity contribution in [1.82, 2.24) is 9.88 Å². The Bertz CT molecular complexity index is 898. The van der Waals surface area contributed by atoms with E-state index in [0.717, 1.165) is 16.2 Å². The molecule has 158 valence electrons. The SMILES string of the molecule is CC(C)(C)OC(=O)NCCn1cc2cc(B3OC(C)(C)C(C)(C)O3)ccc2c1O. The lowest BCUT2D eigenvalue weighted by Gasteiger charge is -2.32. The molecule has 2 aromatic rings. The summed E-state index contributed by atoms with van der Waals surface area (Å²) in [7, 11) is -0.455. The molecule has 0 spiro atoms. The average molecular weight is 402 g/mol. The zero-order valence-electron chi connectivity index (χ0n) is 18.3. The van der Waals surface area contributed by atoms with Crippen LogP contribution in [0, 0.1) is 0 Å². The van der Waals surface area contributed by atoms with Crippen molar-refractivity contribution in [3.05, 3.63) is 24.4 Å². The lowest BCUT2D eigenvalue weighted by molar-refractivity contribution is 0.00578. The molecule has 1 aromatic heterocycles. The molecule has 1 fully saturated rings. The zero-order chi connectivity index (χ0) is 21.6. The normalized spacial score (nSPS) is 18.2. The van der Waals surface area contributed by atoms with E-state index in [1.54, 1.807) is 4.57 Å². The van der Waals surface area contributed by atoms with Gasteiger partial charge in [0.05, 0.1) is 11.2 Å². The molecule has 0 saturated carbocycles. The van der Waals surface area contributed by atoms with E-state index in [4.69, 9.17) is 14.0 Å². The highest BCUT2D eigenvalue weighted by atomic mass is 16.7. The number of hydrogen-bond acceptors (Lipinski definition) is 5. The Hall–Kier alpha value is -2.19. The predicted molar refractivity (Wildman–Crippen MR) is 114 cm³/mol. The van der Waals surface area contributed by atoms with Gasteiger partial charge in [-0.05, 0) is 60.0 Å². The first-order valence-corrected chi connectivity index (χ1v) is 9.93. The van der Waals surface area contributed by atoms with Gasteiger partial charge < -0.3 is 29.0 Å². The van der Waals surface area contributed by atoms with Crippen LogP contribution in [-0.4, -0.2) is 46.2 Å². The van der Waals surface area contributed by atoms with Gasteiger partial charge in [0.25, 0.3) is 0 Å². The minimum absolute atomic E-state index is 0.159. The number of alkyl carbamates (subject to hydrolysis) is 1. The molecule has 0 radical (unpaired) electrons. The third-order valence-corrected chi connectivity index (χ3v) is 5.43. The summed E-state index contributed by atoms with van der Waals surface area (Å²) in [5.41, 5.74) is -0.458. The van der Waals surface area contributed by atoms with E-state index < -0.39 is 30.0 Å². The number of carbonyl (C=O) groups excluding carboxylic acids is 1. The van der Waals surface area contributed by atoms with Gasteiger partial charge in [-0.25, -0.2) is 4.79 Å². The summed E-state index contributed by atoms with van der Waals surface area (Å²) in [6.07, 6.45) is 1.38. The van der Waals surface area contributed by atoms with E-state index in [9.17, 15) is 9.90 Å². The maximum atomic E-state index is 11.8. The van der Waals surface area contributed by atoms with E-state index >= 15 is 0 Å². The standard InChI is InChI=1S/C21H31BN2O5/c1-19(2,3)27-18(26)23-10-11-24-13-14-12-15(8-9-16(14)17(24)25)22-28-20(4,5)21(6,7)29-22/h8-9,12-13,25H,10-11H2,1-7H3,(H,23,26). The highest BCUT2D eigenvalue weighted by Gasteiger charge is 2.51. The van der Waals surface area contributed by atoms with Crippen molar-refractivity contribution in [2.75, 3.05) is 6.54 Å². The van der Waals surface area contributed by atoms with Crippen molar-refractivity contribution < 1.29 is 23.9 Å². The number of ether oxygens (including phenoxy) is 1. The lowest BCUT2D eigenvalue weighted by atomic mass is 9.78. The first-order valence-electron chi connectivity index (χ1n) is 9.93. The molecule has 1 aliphatic rings. The molecule has 0 bridgehead atoms. The number of hydrogen-bond donors (Lipinski definition) is 2. The van der Waals surface area contributed by atoms with E-state index in [-0.39, 0.29) is 5.88 Å². The second-order valence-corrected chi connectivity index (χ2v) is 9.51. The fourth-order valence-corrected chi connectivity index (χ4v) is 3.16. The number of aromatic hydroxyl groups is 1. The van der Waals surface area contributed by atoms with Gasteiger partial charge in [-0.15, -0.1) is 0 Å². The number of rotatable bonds is 4. The molecule has 7 nitrogen and oxygen atoms in total. The molecular weight excluding hydrogens is 371 g/mol. The number of nitrogens with one attached hydrogen (secondary N) is 1. The summed E-state index contributed by atoms with van der Waals surface area (Å²) < 4.78 is 19.2. The Morgan fingerprint density at radius 1 is 1.21 bits per heavy atom. The number of benzene rings is 1. The third kappa shape index (κ3) is 4.54. The molecular formula is C21H31BN2O5. The summed E-state index contributed by atoms with van der Waals surface area (Å²) in [5.74, 6) is 0.159. The monoisotopic (exact) mass is 402 g/mol. The first-order chi connectivity index (χ1) is 13.3. The quantitative estimate of drug-likeness (QED) is 0.768. The fourth-order valence-electron chi connectivity index (χ4n) is 3.16. The van der Waals surface area contributed by atoms with Crippen LogP contribution in [0.25, 0.3) is 10.8 Å². The van der Waals surface area contributed by atoms with Crippen LogP contribution in [0.15, 0.2) is 24.4 Å². The zero-order valence-corrected chi connectivity index (χ0v) is 18.3. The van der Waals surface area contributed by atoms with Gasteiger partial charge in [0.1, 0.15) is 5.60 Å². The molecule has 0 atom stereocenters. The topological polar surface area (TPSA) is 82.0 Å². The minimum atomic E-state index is -0.543. The van der Waals surface area contributed by atoms with Gasteiger partial charge in [-0.3, -0.25) is 0 Å². The number of fused-ring (bicyclic) bond motifs is 1. The van der Waals surface area contributed by atoms with Gasteiger partial charge in [0, 0.05) is 30.1 Å². The summed E-state index contributed by atoms with van der Waals surface area (Å²) in [5, 5.41) is 14.8. The molecule has 0 unspecified atom stereocenters. The average Bonchev–Trinajstić information content (AvgIpc) is 2.98. The smallest absolute Gasteiger partial charge is 0.494 e. The molecule has 29 heavy (non-hydrogen) atoms. The summed E-state index contributed by atoms with van der Waals surface area (Å²) >= 11 is 0. The van der Waals surface area contributed by atoms with Crippen LogP contribution in [0.2, 0.25) is 0 Å². The minimum Gasteiger partial charge on any atom is -0.494 e. The van der Waals surface area contributed by atoms with Crippen LogP contribution in [0.5, 0.6) is 5.88 Å². The summed E-state index contributed by atoms with van der Waals surface area (Å²) in [6.45, 7) is 14.3. The lowest BCUT2D eigenvalue weighted by Crippen LogP contribution is -2.41. The molecule has 2 N–H and O–H groups in total. The molecule has 3 rings (SSSR count). The Kier molecular flexibility index (Phi) is 5.38. The number of carbonyl (C=O) groups is 1. The molecule has 1 saturated heterocycles. The second kappa shape index (κ2) is 7.25. The van der Waals surface area contributed by atoms with Gasteiger partial charge in [-0.1, -0.05) is 12.1 Å². The van der Waals surface area contributed by atoms with Crippen molar-refractivity contribution in [3.8, 4) is 5.88 Å². The number of aromatic nitrogens is 1. The van der Waals surface area contributed by atoms with Crippen molar-refractivity contribution in [2.45, 2.75) is 71.8 Å². The molecule has 1 amide bonds. The van der Waals surface area contributed by atoms with E-state index in [0.29, 0.717) is 13.1 Å². The van der Waals surface area contributed by atoms with Crippen molar-refractivity contribution in [2.24, 2.45) is 0 Å². The van der Waals surface area contributed by atoms with Crippen molar-refractivity contribution in [3.63, 3.8) is 0 Å². The number of amides is 1. The molecule has 8 heteroatoms. The molecule has 2 heterocycles. The Morgan fingerprint density at radius 2 is 1.83 bits per heavy atom. The summed E-state index contributed by atoms with van der Waals surface area (Å²) in [6, 6.07) is 5.74. The van der Waals surface area contributed by atoms with Crippen LogP contribution < -0.4 is 10.8 Å². The van der Waals surface area contributed by atoms with Gasteiger partial charge in [0.15, 0.2) is 5.88 Å². The van der Waals surface area contributed by atoms with Crippen LogP contribution in [0.3, 0.4) is 0 Å². The van der Waals surface area contributed by atoms with Gasteiger partial charge >= 0.3 is 13.2 Å². The molecule has 0 aliphatic carbocycles. The Balaban J connectivity index is 1.71.